The number of ether oxygens (including phenoxy) is 1. The highest BCUT2D eigenvalue weighted by Gasteiger charge is 2.20. The van der Waals surface area contributed by atoms with Crippen LogP contribution in [-0.4, -0.2) is 47.4 Å². The third kappa shape index (κ3) is 63.8. The molecule has 6 heteroatoms. The zero-order valence-electron chi connectivity index (χ0n) is 53.2. The van der Waals surface area contributed by atoms with E-state index >= 15 is 0 Å². The number of aliphatic hydroxyl groups excluding tert-OH is 2. The quantitative estimate of drug-likeness (QED) is 0.0320. The van der Waals surface area contributed by atoms with Crippen LogP contribution in [0.2, 0.25) is 0 Å². The van der Waals surface area contributed by atoms with Crippen LogP contribution in [0.3, 0.4) is 0 Å². The number of carbonyl (C=O) groups excluding carboxylic acids is 2. The van der Waals surface area contributed by atoms with Gasteiger partial charge in [-0.05, 0) is 51.4 Å². The number of amides is 1. The highest BCUT2D eigenvalue weighted by atomic mass is 16.5. The third-order valence-corrected chi connectivity index (χ3v) is 17.1. The molecule has 0 aliphatic carbocycles. The lowest BCUT2D eigenvalue weighted by atomic mass is 10.0. The number of allylic oxidation sites excluding steroid dienone is 2. The van der Waals surface area contributed by atoms with Gasteiger partial charge in [0, 0.05) is 12.8 Å². The van der Waals surface area contributed by atoms with Crippen molar-refractivity contribution in [2.45, 2.75) is 424 Å². The van der Waals surface area contributed by atoms with E-state index in [-0.39, 0.29) is 18.5 Å². The highest BCUT2D eigenvalue weighted by molar-refractivity contribution is 5.76. The smallest absolute Gasteiger partial charge is 0.305 e. The number of rotatable bonds is 68. The van der Waals surface area contributed by atoms with E-state index in [4.69, 9.17) is 4.74 Å². The molecule has 2 atom stereocenters. The van der Waals surface area contributed by atoms with Gasteiger partial charge in [-0.1, -0.05) is 360 Å². The lowest BCUT2D eigenvalue weighted by molar-refractivity contribution is -0.143. The van der Waals surface area contributed by atoms with E-state index in [0.717, 1.165) is 44.9 Å². The predicted octanol–water partition coefficient (Wildman–Crippen LogP) is 23.1. The number of nitrogens with one attached hydrogen (secondary N) is 1. The number of unbranched alkanes of at least 4 members (excludes halogenated alkanes) is 55. The van der Waals surface area contributed by atoms with E-state index in [9.17, 15) is 19.8 Å². The van der Waals surface area contributed by atoms with Crippen molar-refractivity contribution in [2.75, 3.05) is 13.2 Å². The van der Waals surface area contributed by atoms with Crippen molar-refractivity contribution < 1.29 is 24.5 Å². The summed E-state index contributed by atoms with van der Waals surface area (Å²) in [7, 11) is 0. The largest absolute Gasteiger partial charge is 0.466 e. The van der Waals surface area contributed by atoms with Crippen LogP contribution in [0.4, 0.5) is 0 Å². The summed E-state index contributed by atoms with van der Waals surface area (Å²) >= 11 is 0. The second kappa shape index (κ2) is 68.1. The van der Waals surface area contributed by atoms with Crippen molar-refractivity contribution in [1.82, 2.24) is 5.32 Å². The number of hydrogen-bond acceptors (Lipinski definition) is 5. The predicted molar refractivity (Wildman–Crippen MR) is 343 cm³/mol. The van der Waals surface area contributed by atoms with Gasteiger partial charge >= 0.3 is 5.97 Å². The SMILES string of the molecule is CCCCCCCC/C=C\CCCCCCCCCCCC(=O)OCCCCCCCCCCCCCCCCCCCCCCCC(=O)NC(CO)C(O)CCCCCCCCCCCCCCCCCCCCCCC. The maximum atomic E-state index is 12.5. The molecule has 0 aliphatic rings. The summed E-state index contributed by atoms with van der Waals surface area (Å²) in [6, 6.07) is -0.543. The molecule has 78 heavy (non-hydrogen) atoms. The number of aliphatic hydroxyl groups is 2. The molecule has 0 aromatic heterocycles. The van der Waals surface area contributed by atoms with Crippen molar-refractivity contribution >= 4 is 11.9 Å². The minimum Gasteiger partial charge on any atom is -0.466 e. The zero-order chi connectivity index (χ0) is 56.4. The van der Waals surface area contributed by atoms with Gasteiger partial charge in [0.1, 0.15) is 0 Å². The molecule has 1 amide bonds. The summed E-state index contributed by atoms with van der Waals surface area (Å²) in [5.74, 6) is -0.0179. The summed E-state index contributed by atoms with van der Waals surface area (Å²) in [6.07, 6.45) is 84.0. The first-order valence-electron chi connectivity index (χ1n) is 35.9. The molecule has 0 aliphatic heterocycles. The Balaban J connectivity index is 3.37. The Morgan fingerprint density at radius 3 is 0.910 bits per heavy atom. The van der Waals surface area contributed by atoms with Crippen LogP contribution in [0, 0.1) is 0 Å². The van der Waals surface area contributed by atoms with Crippen LogP contribution in [0.5, 0.6) is 0 Å². The van der Waals surface area contributed by atoms with E-state index < -0.39 is 12.1 Å². The molecule has 6 nitrogen and oxygen atoms in total. The van der Waals surface area contributed by atoms with E-state index in [1.807, 2.05) is 0 Å². The van der Waals surface area contributed by atoms with Crippen molar-refractivity contribution in [3.05, 3.63) is 12.2 Å². The lowest BCUT2D eigenvalue weighted by Gasteiger charge is -2.22. The normalized spacial score (nSPS) is 12.5. The Hall–Kier alpha value is -1.40. The number of carbonyl (C=O) groups is 2. The van der Waals surface area contributed by atoms with Crippen LogP contribution in [0.1, 0.15) is 412 Å². The Morgan fingerprint density at radius 1 is 0.346 bits per heavy atom. The topological polar surface area (TPSA) is 95.9 Å². The first kappa shape index (κ1) is 76.6. The fraction of sp³-hybridized carbons (Fsp3) is 0.944. The van der Waals surface area contributed by atoms with Crippen LogP contribution in [0.15, 0.2) is 12.2 Å². The van der Waals surface area contributed by atoms with Crippen LogP contribution in [0.25, 0.3) is 0 Å². The highest BCUT2D eigenvalue weighted by Crippen LogP contribution is 2.19. The lowest BCUT2D eigenvalue weighted by Crippen LogP contribution is -2.45. The molecule has 0 saturated carbocycles. The molecule has 0 saturated heterocycles. The fourth-order valence-corrected chi connectivity index (χ4v) is 11.6. The van der Waals surface area contributed by atoms with Crippen molar-refractivity contribution in [3.8, 4) is 0 Å². The van der Waals surface area contributed by atoms with Gasteiger partial charge in [-0.25, -0.2) is 0 Å². The Kier molecular flexibility index (Phi) is 66.9. The average Bonchev–Trinajstić information content (AvgIpc) is 3.44. The second-order valence-corrected chi connectivity index (χ2v) is 24.9. The van der Waals surface area contributed by atoms with Crippen LogP contribution < -0.4 is 5.32 Å². The number of esters is 1. The van der Waals surface area contributed by atoms with E-state index in [1.54, 1.807) is 0 Å². The van der Waals surface area contributed by atoms with E-state index in [0.29, 0.717) is 25.9 Å². The van der Waals surface area contributed by atoms with Crippen molar-refractivity contribution in [2.24, 2.45) is 0 Å². The Labute approximate surface area is 489 Å². The summed E-state index contributed by atoms with van der Waals surface area (Å²) in [6.45, 7) is 4.99. The average molecular weight is 1100 g/mol. The monoisotopic (exact) mass is 1100 g/mol. The molecule has 0 spiro atoms. The third-order valence-electron chi connectivity index (χ3n) is 17.1. The number of hydrogen-bond donors (Lipinski definition) is 3. The maximum absolute atomic E-state index is 12.5. The summed E-state index contributed by atoms with van der Waals surface area (Å²) < 4.78 is 5.51. The first-order chi connectivity index (χ1) is 38.5. The van der Waals surface area contributed by atoms with Crippen molar-refractivity contribution in [3.63, 3.8) is 0 Å². The summed E-state index contributed by atoms with van der Waals surface area (Å²) in [5, 5.41) is 23.4. The molecule has 464 valence electrons. The minimum absolute atomic E-state index is 0.0130. The molecule has 3 N–H and O–H groups in total. The second-order valence-electron chi connectivity index (χ2n) is 24.9. The first-order valence-corrected chi connectivity index (χ1v) is 35.9. The Morgan fingerprint density at radius 2 is 0.603 bits per heavy atom. The summed E-state index contributed by atoms with van der Waals surface area (Å²) in [4.78, 5) is 24.7. The molecule has 0 radical (unpaired) electrons. The van der Waals surface area contributed by atoms with Gasteiger partial charge in [0.2, 0.25) is 5.91 Å². The molecule has 2 unspecified atom stereocenters. The minimum atomic E-state index is -0.666. The van der Waals surface area contributed by atoms with Gasteiger partial charge in [0.15, 0.2) is 0 Å². The molecule has 0 heterocycles. The Bertz CT molecular complexity index is 1180. The molecule has 0 fully saturated rings. The van der Waals surface area contributed by atoms with E-state index in [2.05, 4.69) is 31.3 Å². The van der Waals surface area contributed by atoms with E-state index in [1.165, 1.54) is 334 Å². The molecule has 0 aromatic carbocycles. The van der Waals surface area contributed by atoms with Gasteiger partial charge in [0.05, 0.1) is 25.4 Å². The zero-order valence-corrected chi connectivity index (χ0v) is 53.2. The molecule has 0 aromatic rings. The van der Waals surface area contributed by atoms with Gasteiger partial charge in [-0.15, -0.1) is 0 Å². The van der Waals surface area contributed by atoms with Gasteiger partial charge in [0.25, 0.3) is 0 Å². The molecular weight excluding hydrogens is 959 g/mol. The van der Waals surface area contributed by atoms with Gasteiger partial charge in [-0.3, -0.25) is 9.59 Å². The molecule has 0 rings (SSSR count). The molecule has 0 bridgehead atoms. The van der Waals surface area contributed by atoms with Crippen LogP contribution >= 0.6 is 0 Å². The van der Waals surface area contributed by atoms with Gasteiger partial charge in [-0.2, -0.15) is 0 Å². The standard InChI is InChI=1S/C72H141NO5/c1-3-5-7-9-11-13-15-17-19-21-23-25-29-32-36-40-44-48-52-56-60-64-70(75)69(68-74)73-71(76)65-61-57-53-49-45-41-37-33-30-26-24-27-31-35-39-43-47-51-55-59-63-67-78-72(77)66-62-58-54-50-46-42-38-34-28-22-20-18-16-14-12-10-8-6-4-2/h18,20,69-70,74-75H,3-17,19,21-68H2,1-2H3,(H,73,76)/b20-18-. The van der Waals surface area contributed by atoms with Crippen LogP contribution in [-0.2, 0) is 14.3 Å². The van der Waals surface area contributed by atoms with Gasteiger partial charge < -0.3 is 20.3 Å². The molecular formula is C72H141NO5. The fourth-order valence-electron chi connectivity index (χ4n) is 11.6. The van der Waals surface area contributed by atoms with Crippen molar-refractivity contribution in [1.29, 1.82) is 0 Å². The maximum Gasteiger partial charge on any atom is 0.305 e. The summed E-state index contributed by atoms with van der Waals surface area (Å²) in [5.41, 5.74) is 0.